The number of morpholine rings is 1. The zero-order chi connectivity index (χ0) is 33.0. The van der Waals surface area contributed by atoms with Gasteiger partial charge in [0.25, 0.3) is 5.91 Å². The summed E-state index contributed by atoms with van der Waals surface area (Å²) in [6, 6.07) is 14.8. The molecule has 2 aromatic carbocycles. The molecule has 0 unspecified atom stereocenters. The minimum Gasteiger partial charge on any atom is -0.494 e. The summed E-state index contributed by atoms with van der Waals surface area (Å²) in [5, 5.41) is 6.00. The molecular weight excluding hydrogens is 600 g/mol. The fourth-order valence-electron chi connectivity index (χ4n) is 5.73. The first kappa shape index (κ1) is 33.9. The van der Waals surface area contributed by atoms with Crippen molar-refractivity contribution < 1.29 is 28.6 Å². The van der Waals surface area contributed by atoms with Crippen molar-refractivity contribution in [2.24, 2.45) is 5.92 Å². The molecular formula is C35H46N6O6. The SMILES string of the molecule is CC(C)C[C@H]1NC(=O)CN(Cc2ccc(OCC(=O)N3CCOCC3)cc2)CCCOc2cccc(c2)-c2nccn2CCNC1=O. The predicted molar refractivity (Wildman–Crippen MR) is 177 cm³/mol. The van der Waals surface area contributed by atoms with Crippen molar-refractivity contribution in [3.8, 4) is 22.9 Å². The monoisotopic (exact) mass is 646 g/mol. The van der Waals surface area contributed by atoms with E-state index < -0.39 is 6.04 Å². The number of nitrogens with one attached hydrogen (secondary N) is 2. The molecule has 1 atom stereocenters. The van der Waals surface area contributed by atoms with E-state index in [-0.39, 0.29) is 36.8 Å². The molecule has 12 heteroatoms. The maximum absolute atomic E-state index is 13.4. The number of amides is 3. The van der Waals surface area contributed by atoms with Gasteiger partial charge in [0.15, 0.2) is 6.61 Å². The molecule has 3 aromatic rings. The summed E-state index contributed by atoms with van der Waals surface area (Å²) < 4.78 is 19.2. The Hall–Kier alpha value is -4.42. The third kappa shape index (κ3) is 10.3. The molecule has 1 aromatic heterocycles. The molecule has 0 radical (unpaired) electrons. The molecule has 0 saturated carbocycles. The lowest BCUT2D eigenvalue weighted by molar-refractivity contribution is -0.137. The molecule has 2 aliphatic heterocycles. The number of fused-ring (bicyclic) bond motifs is 4. The first-order valence-corrected chi connectivity index (χ1v) is 16.4. The number of hydrogen-bond acceptors (Lipinski definition) is 8. The van der Waals surface area contributed by atoms with Gasteiger partial charge in [0, 0.05) is 57.2 Å². The Morgan fingerprint density at radius 2 is 1.85 bits per heavy atom. The topological polar surface area (TPSA) is 127 Å². The van der Waals surface area contributed by atoms with Crippen LogP contribution in [0.2, 0.25) is 0 Å². The van der Waals surface area contributed by atoms with Crippen LogP contribution in [-0.2, 0) is 32.2 Å². The standard InChI is InChI=1S/C35H46N6O6/c1-26(2)21-31-35(44)37-12-15-41-14-11-36-34(41)28-5-3-6-30(22-28)46-18-4-13-39(24-32(42)38-31)23-27-7-9-29(10-8-27)47-25-33(43)40-16-19-45-20-17-40/h3,5-11,14,22,26,31H,4,12-13,15-21,23-25H2,1-2H3,(H,37,44)(H,38,42)/t31-/m1/s1. The van der Waals surface area contributed by atoms with Crippen LogP contribution in [0.15, 0.2) is 60.9 Å². The van der Waals surface area contributed by atoms with Crippen LogP contribution >= 0.6 is 0 Å². The molecule has 1 saturated heterocycles. The number of carbonyl (C=O) groups is 3. The van der Waals surface area contributed by atoms with E-state index in [1.807, 2.05) is 73.1 Å². The van der Waals surface area contributed by atoms with Crippen LogP contribution in [-0.4, -0.2) is 102 Å². The molecule has 2 aliphatic rings. The Kier molecular flexibility index (Phi) is 12.2. The number of carbonyl (C=O) groups excluding carboxylic acids is 3. The van der Waals surface area contributed by atoms with Crippen LogP contribution in [0.5, 0.6) is 11.5 Å². The third-order valence-electron chi connectivity index (χ3n) is 8.13. The number of imidazole rings is 1. The van der Waals surface area contributed by atoms with Gasteiger partial charge in [0.05, 0.1) is 26.4 Å². The number of hydrogen-bond donors (Lipinski definition) is 2. The molecule has 3 amide bonds. The average molecular weight is 647 g/mol. The second-order valence-electron chi connectivity index (χ2n) is 12.4. The molecule has 0 aliphatic carbocycles. The van der Waals surface area contributed by atoms with Crippen LogP contribution in [0.25, 0.3) is 11.4 Å². The van der Waals surface area contributed by atoms with E-state index in [0.717, 1.165) is 22.7 Å². The molecule has 1 fully saturated rings. The summed E-state index contributed by atoms with van der Waals surface area (Å²) in [6.07, 6.45) is 4.86. The van der Waals surface area contributed by atoms with Crippen molar-refractivity contribution in [2.45, 2.75) is 45.8 Å². The van der Waals surface area contributed by atoms with E-state index in [0.29, 0.717) is 77.7 Å². The third-order valence-corrected chi connectivity index (χ3v) is 8.13. The van der Waals surface area contributed by atoms with Gasteiger partial charge in [-0.3, -0.25) is 19.3 Å². The molecule has 12 nitrogen and oxygen atoms in total. The highest BCUT2D eigenvalue weighted by molar-refractivity contribution is 5.88. The number of benzene rings is 2. The summed E-state index contributed by atoms with van der Waals surface area (Å²) in [7, 11) is 0. The zero-order valence-corrected chi connectivity index (χ0v) is 27.4. The summed E-state index contributed by atoms with van der Waals surface area (Å²) in [6.45, 7) is 8.96. The molecule has 0 spiro atoms. The zero-order valence-electron chi connectivity index (χ0n) is 27.4. The maximum atomic E-state index is 13.4. The summed E-state index contributed by atoms with van der Waals surface area (Å²) in [5.74, 6) is 1.90. The van der Waals surface area contributed by atoms with Gasteiger partial charge in [-0.2, -0.15) is 0 Å². The Labute approximate surface area is 276 Å². The van der Waals surface area contributed by atoms with E-state index in [4.69, 9.17) is 14.2 Å². The minimum absolute atomic E-state index is 0.0249. The van der Waals surface area contributed by atoms with Crippen molar-refractivity contribution in [2.75, 3.05) is 59.2 Å². The van der Waals surface area contributed by atoms with Crippen molar-refractivity contribution in [3.63, 3.8) is 0 Å². The lowest BCUT2D eigenvalue weighted by Crippen LogP contribution is -2.50. The molecule has 252 valence electrons. The van der Waals surface area contributed by atoms with Crippen molar-refractivity contribution in [1.29, 1.82) is 0 Å². The number of aromatic nitrogens is 2. The number of rotatable bonds is 7. The lowest BCUT2D eigenvalue weighted by atomic mass is 10.0. The van der Waals surface area contributed by atoms with E-state index in [1.165, 1.54) is 0 Å². The molecule has 5 rings (SSSR count). The predicted octanol–water partition coefficient (Wildman–Crippen LogP) is 2.72. The molecule has 3 heterocycles. The largest absolute Gasteiger partial charge is 0.494 e. The van der Waals surface area contributed by atoms with Crippen molar-refractivity contribution >= 4 is 17.7 Å². The Morgan fingerprint density at radius 3 is 2.64 bits per heavy atom. The van der Waals surface area contributed by atoms with Crippen LogP contribution in [0.4, 0.5) is 0 Å². The van der Waals surface area contributed by atoms with Gasteiger partial charge in [-0.05, 0) is 48.6 Å². The minimum atomic E-state index is -0.637. The van der Waals surface area contributed by atoms with Gasteiger partial charge in [-0.15, -0.1) is 0 Å². The Morgan fingerprint density at radius 1 is 1.04 bits per heavy atom. The van der Waals surface area contributed by atoms with E-state index >= 15 is 0 Å². The Balaban J connectivity index is 1.26. The highest BCUT2D eigenvalue weighted by Crippen LogP contribution is 2.23. The average Bonchev–Trinajstić information content (AvgIpc) is 3.54. The normalized spacial score (nSPS) is 18.7. The quantitative estimate of drug-likeness (QED) is 0.402. The smallest absolute Gasteiger partial charge is 0.260 e. The highest BCUT2D eigenvalue weighted by atomic mass is 16.5. The van der Waals surface area contributed by atoms with Gasteiger partial charge in [-0.25, -0.2) is 4.98 Å². The summed E-state index contributed by atoms with van der Waals surface area (Å²) in [5.41, 5.74) is 1.93. The van der Waals surface area contributed by atoms with E-state index in [2.05, 4.69) is 20.5 Å². The van der Waals surface area contributed by atoms with Gasteiger partial charge in [0.2, 0.25) is 11.8 Å². The molecule has 2 N–H and O–H groups in total. The van der Waals surface area contributed by atoms with Gasteiger partial charge in [0.1, 0.15) is 23.4 Å². The van der Waals surface area contributed by atoms with Gasteiger partial charge >= 0.3 is 0 Å². The fraction of sp³-hybridized carbons (Fsp3) is 0.486. The van der Waals surface area contributed by atoms with E-state index in [1.54, 1.807) is 11.1 Å². The van der Waals surface area contributed by atoms with Crippen molar-refractivity contribution in [3.05, 3.63) is 66.5 Å². The summed E-state index contributed by atoms with van der Waals surface area (Å²) in [4.78, 5) is 47.4. The second kappa shape index (κ2) is 16.9. The van der Waals surface area contributed by atoms with Gasteiger partial charge in [-0.1, -0.05) is 38.1 Å². The molecule has 47 heavy (non-hydrogen) atoms. The fourth-order valence-corrected chi connectivity index (χ4v) is 5.73. The summed E-state index contributed by atoms with van der Waals surface area (Å²) >= 11 is 0. The number of nitrogens with zero attached hydrogens (tertiary/aromatic N) is 4. The van der Waals surface area contributed by atoms with Crippen LogP contribution in [0.3, 0.4) is 0 Å². The van der Waals surface area contributed by atoms with Crippen LogP contribution < -0.4 is 20.1 Å². The van der Waals surface area contributed by atoms with E-state index in [9.17, 15) is 14.4 Å². The van der Waals surface area contributed by atoms with Crippen LogP contribution in [0, 0.1) is 5.92 Å². The maximum Gasteiger partial charge on any atom is 0.260 e. The Bertz CT molecular complexity index is 1470. The molecule has 2 bridgehead atoms. The van der Waals surface area contributed by atoms with Crippen molar-refractivity contribution in [1.82, 2.24) is 30.0 Å². The van der Waals surface area contributed by atoms with Gasteiger partial charge < -0.3 is 34.3 Å². The first-order chi connectivity index (χ1) is 22.8. The number of ether oxygens (including phenoxy) is 3. The lowest BCUT2D eigenvalue weighted by Gasteiger charge is -2.26. The second-order valence-corrected chi connectivity index (χ2v) is 12.4. The highest BCUT2D eigenvalue weighted by Gasteiger charge is 2.23. The van der Waals surface area contributed by atoms with Crippen LogP contribution in [0.1, 0.15) is 32.3 Å². The first-order valence-electron chi connectivity index (χ1n) is 16.4.